The molecule has 0 amide bonds. The molecule has 29 heavy (non-hydrogen) atoms. The Kier molecular flexibility index (Phi) is 8.86. The molecule has 9 nitrogen and oxygen atoms in total. The number of primary sulfonamides is 1. The van der Waals surface area contributed by atoms with Crippen molar-refractivity contribution in [2.24, 2.45) is 10.1 Å². The molecule has 0 radical (unpaired) electrons. The maximum atomic E-state index is 11.5. The van der Waals surface area contributed by atoms with Gasteiger partial charge in [-0.05, 0) is 24.6 Å². The van der Waals surface area contributed by atoms with Crippen molar-refractivity contribution >= 4 is 40.0 Å². The number of aromatic nitrogens is 1. The number of halogens is 1. The molecule has 0 aliphatic carbocycles. The SMILES string of the molecule is CCNC(=NCc1cccc(S(N)(=O)=O)c1)N1CCN(Cc2ccon2)CC1.I. The van der Waals surface area contributed by atoms with Crippen LogP contribution in [0.1, 0.15) is 18.2 Å². The monoisotopic (exact) mass is 534 g/mol. The van der Waals surface area contributed by atoms with Gasteiger partial charge in [-0.15, -0.1) is 24.0 Å². The van der Waals surface area contributed by atoms with Crippen molar-refractivity contribution in [1.82, 2.24) is 20.3 Å². The minimum atomic E-state index is -3.71. The van der Waals surface area contributed by atoms with Crippen LogP contribution in [0.15, 0.2) is 51.0 Å². The average Bonchev–Trinajstić information content (AvgIpc) is 3.18. The second kappa shape index (κ2) is 10.9. The predicted octanol–water partition coefficient (Wildman–Crippen LogP) is 1.22. The fourth-order valence-corrected chi connectivity index (χ4v) is 3.66. The maximum absolute atomic E-state index is 11.5. The largest absolute Gasteiger partial charge is 0.364 e. The van der Waals surface area contributed by atoms with Gasteiger partial charge in [0, 0.05) is 45.3 Å². The van der Waals surface area contributed by atoms with Gasteiger partial charge in [0.25, 0.3) is 0 Å². The summed E-state index contributed by atoms with van der Waals surface area (Å²) in [6.07, 6.45) is 1.59. The van der Waals surface area contributed by atoms with E-state index in [4.69, 9.17) is 9.66 Å². The highest BCUT2D eigenvalue weighted by Crippen LogP contribution is 2.12. The molecule has 1 aromatic carbocycles. The van der Waals surface area contributed by atoms with Gasteiger partial charge in [-0.25, -0.2) is 18.5 Å². The van der Waals surface area contributed by atoms with Crippen LogP contribution in [0, 0.1) is 0 Å². The Labute approximate surface area is 188 Å². The third-order valence-electron chi connectivity index (χ3n) is 4.52. The van der Waals surface area contributed by atoms with Crippen LogP contribution < -0.4 is 10.5 Å². The van der Waals surface area contributed by atoms with E-state index in [9.17, 15) is 8.42 Å². The minimum Gasteiger partial charge on any atom is -0.364 e. The van der Waals surface area contributed by atoms with Crippen molar-refractivity contribution in [2.75, 3.05) is 32.7 Å². The van der Waals surface area contributed by atoms with Gasteiger partial charge in [-0.2, -0.15) is 0 Å². The van der Waals surface area contributed by atoms with E-state index in [1.165, 1.54) is 6.07 Å². The molecular formula is C18H27IN6O3S. The zero-order valence-electron chi connectivity index (χ0n) is 16.3. The van der Waals surface area contributed by atoms with Crippen LogP contribution >= 0.6 is 24.0 Å². The first-order valence-corrected chi connectivity index (χ1v) is 10.8. The highest BCUT2D eigenvalue weighted by molar-refractivity contribution is 14.0. The van der Waals surface area contributed by atoms with E-state index in [1.807, 2.05) is 19.1 Å². The summed E-state index contributed by atoms with van der Waals surface area (Å²) < 4.78 is 27.9. The Hall–Kier alpha value is -1.70. The molecular weight excluding hydrogens is 507 g/mol. The van der Waals surface area contributed by atoms with Gasteiger partial charge >= 0.3 is 0 Å². The van der Waals surface area contributed by atoms with Gasteiger partial charge in [-0.3, -0.25) is 4.90 Å². The van der Waals surface area contributed by atoms with E-state index in [-0.39, 0.29) is 28.9 Å². The Morgan fingerprint density at radius 1 is 1.28 bits per heavy atom. The number of hydrogen-bond donors (Lipinski definition) is 2. The molecule has 2 aromatic rings. The molecule has 0 bridgehead atoms. The number of benzene rings is 1. The van der Waals surface area contributed by atoms with Crippen LogP contribution in [0.25, 0.3) is 0 Å². The molecule has 3 N–H and O–H groups in total. The molecule has 0 unspecified atom stereocenters. The first-order chi connectivity index (χ1) is 13.5. The number of rotatable bonds is 6. The highest BCUT2D eigenvalue weighted by atomic mass is 127. The fourth-order valence-electron chi connectivity index (χ4n) is 3.08. The Bertz CT molecular complexity index is 896. The first-order valence-electron chi connectivity index (χ1n) is 9.22. The average molecular weight is 534 g/mol. The molecule has 0 atom stereocenters. The molecule has 0 spiro atoms. The number of nitrogens with two attached hydrogens (primary N) is 1. The van der Waals surface area contributed by atoms with Gasteiger partial charge in [0.15, 0.2) is 5.96 Å². The smallest absolute Gasteiger partial charge is 0.238 e. The van der Waals surface area contributed by atoms with Crippen LogP contribution in [-0.2, 0) is 23.1 Å². The summed E-state index contributed by atoms with van der Waals surface area (Å²) in [5.74, 6) is 0.824. The number of piperazine rings is 1. The molecule has 1 saturated heterocycles. The van der Waals surface area contributed by atoms with Gasteiger partial charge in [0.05, 0.1) is 17.1 Å². The highest BCUT2D eigenvalue weighted by Gasteiger charge is 2.20. The summed E-state index contributed by atoms with van der Waals surface area (Å²) in [5, 5.41) is 12.5. The molecule has 160 valence electrons. The third kappa shape index (κ3) is 6.94. The van der Waals surface area contributed by atoms with Crippen molar-refractivity contribution in [3.8, 4) is 0 Å². The number of guanidine groups is 1. The molecule has 3 rings (SSSR count). The lowest BCUT2D eigenvalue weighted by Crippen LogP contribution is -2.52. The predicted molar refractivity (Wildman–Crippen MR) is 121 cm³/mol. The zero-order valence-corrected chi connectivity index (χ0v) is 19.5. The van der Waals surface area contributed by atoms with E-state index < -0.39 is 10.0 Å². The molecule has 1 aromatic heterocycles. The number of hydrogen-bond acceptors (Lipinski definition) is 6. The lowest BCUT2D eigenvalue weighted by atomic mass is 10.2. The molecule has 1 aliphatic rings. The summed E-state index contributed by atoms with van der Waals surface area (Å²) in [5.41, 5.74) is 1.73. The normalized spacial score (nSPS) is 15.8. The van der Waals surface area contributed by atoms with E-state index in [0.29, 0.717) is 6.54 Å². The van der Waals surface area contributed by atoms with Crippen LogP contribution in [0.5, 0.6) is 0 Å². The van der Waals surface area contributed by atoms with E-state index in [0.717, 1.165) is 56.5 Å². The van der Waals surface area contributed by atoms with E-state index in [1.54, 1.807) is 18.4 Å². The van der Waals surface area contributed by atoms with Crippen molar-refractivity contribution < 1.29 is 12.9 Å². The topological polar surface area (TPSA) is 117 Å². The number of nitrogens with one attached hydrogen (secondary N) is 1. The standard InChI is InChI=1S/C18H26N6O3S.HI/c1-2-20-18(21-13-15-4-3-5-17(12-15)28(19,25)26)24-9-7-23(8-10-24)14-16-6-11-27-22-16;/h3-6,11-12H,2,7-10,13-14H2,1H3,(H,20,21)(H2,19,25,26);1H. The van der Waals surface area contributed by atoms with Crippen LogP contribution in [0.3, 0.4) is 0 Å². The maximum Gasteiger partial charge on any atom is 0.238 e. The van der Waals surface area contributed by atoms with Crippen molar-refractivity contribution in [3.63, 3.8) is 0 Å². The fraction of sp³-hybridized carbons (Fsp3) is 0.444. The Morgan fingerprint density at radius 3 is 2.66 bits per heavy atom. The van der Waals surface area contributed by atoms with E-state index in [2.05, 4.69) is 25.3 Å². The second-order valence-corrected chi connectivity index (χ2v) is 8.18. The lowest BCUT2D eigenvalue weighted by Gasteiger charge is -2.36. The van der Waals surface area contributed by atoms with Crippen LogP contribution in [0.4, 0.5) is 0 Å². The first kappa shape index (κ1) is 23.6. The van der Waals surface area contributed by atoms with Gasteiger partial charge in [0.1, 0.15) is 6.26 Å². The van der Waals surface area contributed by atoms with Crippen LogP contribution in [0.2, 0.25) is 0 Å². The summed E-state index contributed by atoms with van der Waals surface area (Å²) in [4.78, 5) is 9.33. The van der Waals surface area contributed by atoms with Gasteiger partial charge < -0.3 is 14.7 Å². The minimum absolute atomic E-state index is 0. The summed E-state index contributed by atoms with van der Waals surface area (Å²) in [7, 11) is -3.71. The summed E-state index contributed by atoms with van der Waals surface area (Å²) >= 11 is 0. The quantitative estimate of drug-likeness (QED) is 0.325. The Morgan fingerprint density at radius 2 is 2.03 bits per heavy atom. The molecule has 1 fully saturated rings. The number of sulfonamides is 1. The number of nitrogens with zero attached hydrogens (tertiary/aromatic N) is 4. The Balaban J connectivity index is 0.00000300. The van der Waals surface area contributed by atoms with Crippen LogP contribution in [-0.4, -0.2) is 62.1 Å². The van der Waals surface area contributed by atoms with Gasteiger partial charge in [-0.1, -0.05) is 17.3 Å². The molecule has 11 heteroatoms. The lowest BCUT2D eigenvalue weighted by molar-refractivity contribution is 0.169. The third-order valence-corrected chi connectivity index (χ3v) is 5.43. The molecule has 0 saturated carbocycles. The summed E-state index contributed by atoms with van der Waals surface area (Å²) in [6.45, 7) is 7.44. The second-order valence-electron chi connectivity index (χ2n) is 6.62. The van der Waals surface area contributed by atoms with Gasteiger partial charge in [0.2, 0.25) is 10.0 Å². The van der Waals surface area contributed by atoms with E-state index >= 15 is 0 Å². The van der Waals surface area contributed by atoms with Crippen molar-refractivity contribution in [1.29, 1.82) is 0 Å². The zero-order chi connectivity index (χ0) is 20.0. The molecule has 1 aliphatic heterocycles. The van der Waals surface area contributed by atoms with Crippen molar-refractivity contribution in [3.05, 3.63) is 47.9 Å². The molecule has 2 heterocycles. The summed E-state index contributed by atoms with van der Waals surface area (Å²) in [6, 6.07) is 8.46. The van der Waals surface area contributed by atoms with Crippen molar-refractivity contribution in [2.45, 2.75) is 24.9 Å². The number of aliphatic imine (C=N–C) groups is 1.